The zero-order valence-corrected chi connectivity index (χ0v) is 16.5. The van der Waals surface area contributed by atoms with Gasteiger partial charge in [0.05, 0.1) is 0 Å². The average molecular weight is 390 g/mol. The minimum Gasteiger partial charge on any atom is -0.308 e. The summed E-state index contributed by atoms with van der Waals surface area (Å²) in [6.07, 6.45) is 9.92. The second-order valence-corrected chi connectivity index (χ2v) is 9.64. The maximum atomic E-state index is 12.4. The van der Waals surface area contributed by atoms with Crippen molar-refractivity contribution in [1.82, 2.24) is 10.0 Å². The van der Waals surface area contributed by atoms with Crippen molar-refractivity contribution in [3.8, 4) is 0 Å². The monoisotopic (exact) mass is 389 g/mol. The molecule has 146 valence electrons. The van der Waals surface area contributed by atoms with Gasteiger partial charge in [-0.1, -0.05) is 6.08 Å². The Morgan fingerprint density at radius 1 is 1.11 bits per heavy atom. The van der Waals surface area contributed by atoms with Gasteiger partial charge in [0.25, 0.3) is 10.0 Å². The zero-order valence-electron chi connectivity index (χ0n) is 15.7. The van der Waals surface area contributed by atoms with Crippen LogP contribution in [0.15, 0.2) is 17.6 Å². The lowest BCUT2D eigenvalue weighted by molar-refractivity contribution is 0.256. The third-order valence-electron chi connectivity index (χ3n) is 5.99. The quantitative estimate of drug-likeness (QED) is 0.739. The standard InChI is InChI=1S/C20H27N3O3S/c1-20(9-4-11-21-20)10-12-27(25,26)23-19(24)22-18-13-14-5-2-6-15(14)16-7-3-8-17(16)18/h10,12-13,21H,2-9,11H2,1H3,(H2,22,23,24)/b12-10+/t20-/m1/s1. The Bertz CT molecular complexity index is 900. The Morgan fingerprint density at radius 3 is 2.63 bits per heavy atom. The molecule has 0 aromatic heterocycles. The molecule has 0 radical (unpaired) electrons. The number of fused-ring (bicyclic) bond motifs is 3. The molecule has 1 fully saturated rings. The molecule has 2 amide bonds. The SMILES string of the molecule is C[C@]1(/C=C/S(=O)(=O)NC(=O)Nc2cc3c(c4c2CCC4)CCC3)CCCN1. The van der Waals surface area contributed by atoms with E-state index in [0.29, 0.717) is 0 Å². The highest BCUT2D eigenvalue weighted by Crippen LogP contribution is 2.38. The van der Waals surface area contributed by atoms with E-state index in [-0.39, 0.29) is 5.54 Å². The van der Waals surface area contributed by atoms with E-state index in [2.05, 4.69) is 15.4 Å². The van der Waals surface area contributed by atoms with Crippen LogP contribution in [0.3, 0.4) is 0 Å². The summed E-state index contributed by atoms with van der Waals surface area (Å²) in [5, 5.41) is 7.15. The predicted octanol–water partition coefficient (Wildman–Crippen LogP) is 2.77. The molecule has 1 saturated heterocycles. The number of sulfonamides is 1. The third kappa shape index (κ3) is 3.89. The molecule has 0 unspecified atom stereocenters. The highest BCUT2D eigenvalue weighted by atomic mass is 32.2. The van der Waals surface area contributed by atoms with Crippen LogP contribution in [0, 0.1) is 0 Å². The van der Waals surface area contributed by atoms with Crippen LogP contribution in [0.4, 0.5) is 10.5 Å². The minimum atomic E-state index is -3.83. The van der Waals surface area contributed by atoms with Gasteiger partial charge in [-0.3, -0.25) is 0 Å². The molecular formula is C20H27N3O3S. The van der Waals surface area contributed by atoms with Gasteiger partial charge in [-0.15, -0.1) is 0 Å². The Morgan fingerprint density at radius 2 is 1.85 bits per heavy atom. The van der Waals surface area contributed by atoms with Crippen LogP contribution in [-0.4, -0.2) is 26.5 Å². The Labute approximate surface area is 160 Å². The lowest BCUT2D eigenvalue weighted by Crippen LogP contribution is -2.36. The number of carbonyl (C=O) groups excluding carboxylic acids is 1. The van der Waals surface area contributed by atoms with Crippen molar-refractivity contribution in [3.05, 3.63) is 39.8 Å². The number of anilines is 1. The second-order valence-electron chi connectivity index (χ2n) is 8.08. The van der Waals surface area contributed by atoms with Crippen LogP contribution in [-0.2, 0) is 35.7 Å². The number of urea groups is 1. The van der Waals surface area contributed by atoms with Crippen molar-refractivity contribution in [2.24, 2.45) is 0 Å². The number of benzene rings is 1. The van der Waals surface area contributed by atoms with E-state index in [1.165, 1.54) is 22.3 Å². The van der Waals surface area contributed by atoms with Gasteiger partial charge in [-0.05, 0) is 93.2 Å². The van der Waals surface area contributed by atoms with Crippen molar-refractivity contribution < 1.29 is 13.2 Å². The van der Waals surface area contributed by atoms with Gasteiger partial charge < -0.3 is 10.6 Å². The fourth-order valence-corrected chi connectivity index (χ4v) is 5.49. The number of hydrogen-bond donors (Lipinski definition) is 3. The number of rotatable bonds is 4. The van der Waals surface area contributed by atoms with Gasteiger partial charge in [0.2, 0.25) is 0 Å². The van der Waals surface area contributed by atoms with Crippen molar-refractivity contribution in [1.29, 1.82) is 0 Å². The van der Waals surface area contributed by atoms with Gasteiger partial charge in [-0.2, -0.15) is 0 Å². The van der Waals surface area contributed by atoms with Crippen LogP contribution < -0.4 is 15.4 Å². The number of amides is 2. The molecule has 1 atom stereocenters. The molecule has 1 aromatic carbocycles. The smallest absolute Gasteiger partial charge is 0.308 e. The highest BCUT2D eigenvalue weighted by molar-refractivity contribution is 7.92. The summed E-state index contributed by atoms with van der Waals surface area (Å²) in [5.74, 6) is 0. The molecule has 0 spiro atoms. The van der Waals surface area contributed by atoms with Gasteiger partial charge in [0.15, 0.2) is 0 Å². The maximum absolute atomic E-state index is 12.4. The van der Waals surface area contributed by atoms with Crippen molar-refractivity contribution in [3.63, 3.8) is 0 Å². The second kappa shape index (κ2) is 6.95. The first-order valence-corrected chi connectivity index (χ1v) is 11.3. The molecule has 1 aromatic rings. The summed E-state index contributed by atoms with van der Waals surface area (Å²) in [6, 6.07) is 1.34. The van der Waals surface area contributed by atoms with Gasteiger partial charge >= 0.3 is 6.03 Å². The summed E-state index contributed by atoms with van der Waals surface area (Å²) in [5.41, 5.74) is 5.76. The Balaban J connectivity index is 1.47. The fraction of sp³-hybridized carbons (Fsp3) is 0.550. The van der Waals surface area contributed by atoms with Crippen LogP contribution >= 0.6 is 0 Å². The van der Waals surface area contributed by atoms with Crippen LogP contribution in [0.1, 0.15) is 54.9 Å². The van der Waals surface area contributed by atoms with Gasteiger partial charge in [0, 0.05) is 16.6 Å². The number of carbonyl (C=O) groups is 1. The third-order valence-corrected chi connectivity index (χ3v) is 6.95. The van der Waals surface area contributed by atoms with E-state index in [1.54, 1.807) is 6.08 Å². The first kappa shape index (κ1) is 18.5. The van der Waals surface area contributed by atoms with E-state index in [9.17, 15) is 13.2 Å². The first-order chi connectivity index (χ1) is 12.9. The van der Waals surface area contributed by atoms with Gasteiger partial charge in [0.1, 0.15) is 0 Å². The number of hydrogen-bond acceptors (Lipinski definition) is 4. The van der Waals surface area contributed by atoms with E-state index in [0.717, 1.165) is 69.0 Å². The van der Waals surface area contributed by atoms with Crippen LogP contribution in [0.25, 0.3) is 0 Å². The largest absolute Gasteiger partial charge is 0.333 e. The first-order valence-electron chi connectivity index (χ1n) is 9.80. The predicted molar refractivity (Wildman–Crippen MR) is 106 cm³/mol. The molecule has 2 aliphatic carbocycles. The van der Waals surface area contributed by atoms with Crippen molar-refractivity contribution in [2.45, 2.75) is 63.8 Å². The van der Waals surface area contributed by atoms with E-state index in [4.69, 9.17) is 0 Å². The molecule has 0 bridgehead atoms. The van der Waals surface area contributed by atoms with E-state index < -0.39 is 16.1 Å². The summed E-state index contributed by atoms with van der Waals surface area (Å²) in [6.45, 7) is 2.83. The van der Waals surface area contributed by atoms with Crippen LogP contribution in [0.2, 0.25) is 0 Å². The van der Waals surface area contributed by atoms with Crippen molar-refractivity contribution in [2.75, 3.05) is 11.9 Å². The van der Waals surface area contributed by atoms with Crippen LogP contribution in [0.5, 0.6) is 0 Å². The summed E-state index contributed by atoms with van der Waals surface area (Å²) >= 11 is 0. The molecule has 1 heterocycles. The average Bonchev–Trinajstić information content (AvgIpc) is 3.32. The Kier molecular flexibility index (Phi) is 4.76. The lowest BCUT2D eigenvalue weighted by Gasteiger charge is -2.19. The van der Waals surface area contributed by atoms with E-state index in [1.807, 2.05) is 13.0 Å². The number of nitrogens with one attached hydrogen (secondary N) is 3. The van der Waals surface area contributed by atoms with E-state index >= 15 is 0 Å². The normalized spacial score (nSPS) is 24.2. The molecule has 3 N–H and O–H groups in total. The molecule has 6 nitrogen and oxygen atoms in total. The maximum Gasteiger partial charge on any atom is 0.333 e. The molecule has 27 heavy (non-hydrogen) atoms. The molecule has 7 heteroatoms. The molecule has 1 aliphatic heterocycles. The fourth-order valence-electron chi connectivity index (χ4n) is 4.63. The molecule has 0 saturated carbocycles. The summed E-state index contributed by atoms with van der Waals surface area (Å²) in [4.78, 5) is 12.4. The summed E-state index contributed by atoms with van der Waals surface area (Å²) in [7, 11) is -3.83. The minimum absolute atomic E-state index is 0.327. The topological polar surface area (TPSA) is 87.3 Å². The number of aryl methyl sites for hydroxylation is 1. The summed E-state index contributed by atoms with van der Waals surface area (Å²) < 4.78 is 26.6. The van der Waals surface area contributed by atoms with Gasteiger partial charge in [-0.25, -0.2) is 17.9 Å². The molecule has 4 rings (SSSR count). The molecule has 3 aliphatic rings. The van der Waals surface area contributed by atoms with Crippen molar-refractivity contribution >= 4 is 21.7 Å². The zero-order chi connectivity index (χ0) is 19.1. The highest BCUT2D eigenvalue weighted by Gasteiger charge is 2.27. The lowest BCUT2D eigenvalue weighted by atomic mass is 9.98. The Hall–Kier alpha value is -1.86. The molecular weight excluding hydrogens is 362 g/mol.